The van der Waals surface area contributed by atoms with Crippen molar-refractivity contribution in [3.63, 3.8) is 0 Å². The number of hydrogen-bond acceptors (Lipinski definition) is 5. The molecular weight excluding hydrogens is 414 g/mol. The Morgan fingerprint density at radius 2 is 2.00 bits per heavy atom. The number of aryl methyl sites for hydroxylation is 2. The number of hydrogen-bond donors (Lipinski definition) is 0. The third kappa shape index (κ3) is 3.55. The van der Waals surface area contributed by atoms with Crippen molar-refractivity contribution in [2.75, 3.05) is 7.11 Å². The van der Waals surface area contributed by atoms with E-state index in [1.807, 2.05) is 29.8 Å². The molecular formula is C23H20F2N6O. The van der Waals surface area contributed by atoms with Gasteiger partial charge in [0.05, 0.1) is 24.8 Å². The van der Waals surface area contributed by atoms with Crippen molar-refractivity contribution in [1.29, 1.82) is 0 Å². The minimum absolute atomic E-state index is 0.309. The Labute approximate surface area is 183 Å². The molecule has 4 heterocycles. The lowest BCUT2D eigenvalue weighted by Gasteiger charge is -2.09. The Bertz CT molecular complexity index is 1330. The van der Waals surface area contributed by atoms with Gasteiger partial charge in [0, 0.05) is 24.2 Å². The van der Waals surface area contributed by atoms with Gasteiger partial charge in [-0.1, -0.05) is 12.1 Å². The van der Waals surface area contributed by atoms with E-state index in [2.05, 4.69) is 20.1 Å². The van der Waals surface area contributed by atoms with E-state index in [-0.39, 0.29) is 5.92 Å². The molecule has 0 unspecified atom stereocenters. The first-order valence-corrected chi connectivity index (χ1v) is 10.2. The van der Waals surface area contributed by atoms with Crippen molar-refractivity contribution in [3.05, 3.63) is 83.1 Å². The van der Waals surface area contributed by atoms with Crippen LogP contribution in [0.15, 0.2) is 42.9 Å². The van der Waals surface area contributed by atoms with Gasteiger partial charge in [-0.05, 0) is 43.7 Å². The largest absolute Gasteiger partial charge is 0.479 e. The summed E-state index contributed by atoms with van der Waals surface area (Å²) in [7, 11) is 1.57. The van der Waals surface area contributed by atoms with Crippen molar-refractivity contribution < 1.29 is 13.5 Å². The van der Waals surface area contributed by atoms with Crippen LogP contribution in [0.5, 0.6) is 5.88 Å². The second-order valence-electron chi connectivity index (χ2n) is 7.56. The number of nitrogens with zero attached hydrogens (tertiary/aromatic N) is 6. The first-order valence-electron chi connectivity index (χ1n) is 10.2. The number of halogens is 2. The molecule has 1 aromatic carbocycles. The number of ether oxygens (including phenoxy) is 1. The Hall–Kier alpha value is -3.88. The van der Waals surface area contributed by atoms with Crippen molar-refractivity contribution in [1.82, 2.24) is 29.3 Å². The molecule has 9 heteroatoms. The van der Waals surface area contributed by atoms with E-state index in [0.29, 0.717) is 41.8 Å². The molecule has 4 aromatic rings. The molecule has 0 saturated heterocycles. The molecule has 0 bridgehead atoms. The third-order valence-electron chi connectivity index (χ3n) is 5.46. The molecule has 0 amide bonds. The van der Waals surface area contributed by atoms with E-state index in [1.165, 1.54) is 6.07 Å². The second kappa shape index (κ2) is 7.99. The summed E-state index contributed by atoms with van der Waals surface area (Å²) in [5.41, 5.74) is 2.66. The maximum Gasteiger partial charge on any atom is 0.238 e. The third-order valence-corrected chi connectivity index (χ3v) is 5.46. The molecule has 0 N–H and O–H groups in total. The molecule has 5 rings (SSSR count). The Kier molecular flexibility index (Phi) is 5.01. The zero-order valence-electron chi connectivity index (χ0n) is 17.5. The van der Waals surface area contributed by atoms with Crippen LogP contribution < -0.4 is 4.74 Å². The second-order valence-corrected chi connectivity index (χ2v) is 7.56. The van der Waals surface area contributed by atoms with Crippen LogP contribution >= 0.6 is 0 Å². The molecule has 7 nitrogen and oxygen atoms in total. The minimum Gasteiger partial charge on any atom is -0.479 e. The monoisotopic (exact) mass is 434 g/mol. The zero-order chi connectivity index (χ0) is 22.2. The first-order chi connectivity index (χ1) is 15.5. The lowest BCUT2D eigenvalue weighted by atomic mass is 9.96. The van der Waals surface area contributed by atoms with Crippen LogP contribution in [-0.4, -0.2) is 36.4 Å². The van der Waals surface area contributed by atoms with Gasteiger partial charge in [-0.15, -0.1) is 0 Å². The summed E-state index contributed by atoms with van der Waals surface area (Å²) >= 11 is 0. The number of aromatic nitrogens is 6. The number of methoxy groups -OCH3 is 1. The number of fused-ring (bicyclic) bond motifs is 1. The minimum atomic E-state index is -0.852. The molecule has 1 atom stereocenters. The SMILES string of the molecule is COc1nc(/C=C/c2nc3n(n2)CC[C@@H]3c2cccc(F)c2F)ccc1-n1cnc(C)c1. The molecule has 3 aromatic heterocycles. The lowest BCUT2D eigenvalue weighted by Crippen LogP contribution is -2.03. The highest BCUT2D eigenvalue weighted by Gasteiger charge is 2.30. The van der Waals surface area contributed by atoms with Gasteiger partial charge in [-0.2, -0.15) is 5.10 Å². The van der Waals surface area contributed by atoms with Gasteiger partial charge >= 0.3 is 0 Å². The topological polar surface area (TPSA) is 70.7 Å². The van der Waals surface area contributed by atoms with Crippen LogP contribution in [0.4, 0.5) is 8.78 Å². The summed E-state index contributed by atoms with van der Waals surface area (Å²) in [5, 5.41) is 4.48. The van der Waals surface area contributed by atoms with Gasteiger partial charge in [0.25, 0.3) is 0 Å². The van der Waals surface area contributed by atoms with Crippen LogP contribution in [0.1, 0.15) is 40.9 Å². The number of rotatable bonds is 5. The standard InChI is InChI=1S/C23H20F2N6O/c1-14-12-30(13-26-14)19-8-6-15(27-23(19)32-2)7-9-20-28-22-17(10-11-31(22)29-20)16-4-3-5-18(24)21(16)25/h3-9,12-13,17H,10-11H2,1-2H3/b9-7+/t17-/m1/s1. The normalized spacial score (nSPS) is 15.4. The maximum absolute atomic E-state index is 14.3. The highest BCUT2D eigenvalue weighted by atomic mass is 19.2. The average Bonchev–Trinajstić information content (AvgIpc) is 3.50. The highest BCUT2D eigenvalue weighted by Crippen LogP contribution is 2.34. The predicted octanol–water partition coefficient (Wildman–Crippen LogP) is 4.16. The predicted molar refractivity (Wildman–Crippen MR) is 114 cm³/mol. The van der Waals surface area contributed by atoms with Gasteiger partial charge in [0.1, 0.15) is 11.5 Å². The van der Waals surface area contributed by atoms with Crippen LogP contribution in [0.3, 0.4) is 0 Å². The summed E-state index contributed by atoms with van der Waals surface area (Å²) in [6.45, 7) is 2.51. The van der Waals surface area contributed by atoms with Gasteiger partial charge in [0.2, 0.25) is 5.88 Å². The van der Waals surface area contributed by atoms with Crippen LogP contribution in [0, 0.1) is 18.6 Å². The van der Waals surface area contributed by atoms with Gasteiger partial charge in [-0.3, -0.25) is 0 Å². The van der Waals surface area contributed by atoms with Crippen molar-refractivity contribution in [2.24, 2.45) is 0 Å². The van der Waals surface area contributed by atoms with Gasteiger partial charge in [-0.25, -0.2) is 28.4 Å². The summed E-state index contributed by atoms with van der Waals surface area (Å²) < 4.78 is 37.0. The van der Waals surface area contributed by atoms with Gasteiger partial charge < -0.3 is 9.30 Å². The summed E-state index contributed by atoms with van der Waals surface area (Å²) in [4.78, 5) is 13.3. The fourth-order valence-electron chi connectivity index (χ4n) is 3.93. The molecule has 0 saturated carbocycles. The molecule has 162 valence electrons. The van der Waals surface area contributed by atoms with Gasteiger partial charge in [0.15, 0.2) is 17.5 Å². The fraction of sp³-hybridized carbons (Fsp3) is 0.217. The smallest absolute Gasteiger partial charge is 0.238 e. The summed E-state index contributed by atoms with van der Waals surface area (Å²) in [6.07, 6.45) is 7.76. The average molecular weight is 434 g/mol. The van der Waals surface area contributed by atoms with E-state index in [9.17, 15) is 8.78 Å². The summed E-state index contributed by atoms with van der Waals surface area (Å²) in [6, 6.07) is 7.99. The molecule has 0 spiro atoms. The van der Waals surface area contributed by atoms with Crippen molar-refractivity contribution in [3.8, 4) is 11.6 Å². The maximum atomic E-state index is 14.3. The molecule has 1 aliphatic rings. The van der Waals surface area contributed by atoms with Crippen LogP contribution in [-0.2, 0) is 6.54 Å². The molecule has 0 aliphatic carbocycles. The molecule has 0 fully saturated rings. The number of imidazole rings is 1. The van der Waals surface area contributed by atoms with E-state index in [0.717, 1.165) is 17.4 Å². The van der Waals surface area contributed by atoms with Crippen LogP contribution in [0.25, 0.3) is 17.8 Å². The van der Waals surface area contributed by atoms with Crippen LogP contribution in [0.2, 0.25) is 0 Å². The quantitative estimate of drug-likeness (QED) is 0.472. The lowest BCUT2D eigenvalue weighted by molar-refractivity contribution is 0.395. The number of benzene rings is 1. The molecule has 32 heavy (non-hydrogen) atoms. The Morgan fingerprint density at radius 3 is 2.78 bits per heavy atom. The summed E-state index contributed by atoms with van der Waals surface area (Å²) in [5.74, 6) is -0.421. The Morgan fingerprint density at radius 1 is 1.12 bits per heavy atom. The Balaban J connectivity index is 1.40. The fourth-order valence-corrected chi connectivity index (χ4v) is 3.93. The van der Waals surface area contributed by atoms with E-state index in [1.54, 1.807) is 36.3 Å². The highest BCUT2D eigenvalue weighted by molar-refractivity contribution is 5.65. The zero-order valence-corrected chi connectivity index (χ0v) is 17.5. The van der Waals surface area contributed by atoms with E-state index in [4.69, 9.17) is 4.74 Å². The van der Waals surface area contributed by atoms with E-state index >= 15 is 0 Å². The van der Waals surface area contributed by atoms with Crippen molar-refractivity contribution in [2.45, 2.75) is 25.8 Å². The van der Waals surface area contributed by atoms with Crippen molar-refractivity contribution >= 4 is 12.2 Å². The number of pyridine rings is 1. The first kappa shape index (κ1) is 20.0. The molecule has 0 radical (unpaired) electrons. The van der Waals surface area contributed by atoms with E-state index < -0.39 is 11.6 Å². The molecule has 1 aliphatic heterocycles.